The lowest BCUT2D eigenvalue weighted by molar-refractivity contribution is 0.861. The van der Waals surface area contributed by atoms with E-state index in [4.69, 9.17) is 23.2 Å². The van der Waals surface area contributed by atoms with Crippen molar-refractivity contribution in [1.82, 2.24) is 9.55 Å². The van der Waals surface area contributed by atoms with Gasteiger partial charge in [0.25, 0.3) is 0 Å². The molecule has 3 rings (SSSR count). The highest BCUT2D eigenvalue weighted by atomic mass is 35.5. The molecule has 0 aliphatic rings. The summed E-state index contributed by atoms with van der Waals surface area (Å²) in [4.78, 5) is 4.59. The molecule has 0 bridgehead atoms. The summed E-state index contributed by atoms with van der Waals surface area (Å²) in [5.74, 6) is 1.67. The molecule has 0 radical (unpaired) electrons. The third kappa shape index (κ3) is 2.66. The molecular formula is C17H16Cl2N2. The van der Waals surface area contributed by atoms with Crippen LogP contribution < -0.4 is 0 Å². The standard InChI is InChI=1S/C17H16Cl2N2/c1-11(2)12-4-3-5-14(8-12)21-16-7-6-13(19)9-15(16)20-17(21)10-18/h3-9,11H,10H2,1-2H3. The fourth-order valence-corrected chi connectivity index (χ4v) is 2.85. The Morgan fingerprint density at radius 2 is 1.95 bits per heavy atom. The first-order valence-corrected chi connectivity index (χ1v) is 7.84. The molecule has 108 valence electrons. The maximum absolute atomic E-state index is 6.08. The van der Waals surface area contributed by atoms with E-state index in [0.717, 1.165) is 22.5 Å². The normalized spacial score (nSPS) is 11.5. The Labute approximate surface area is 134 Å². The van der Waals surface area contributed by atoms with Gasteiger partial charge in [0.15, 0.2) is 0 Å². The monoisotopic (exact) mass is 318 g/mol. The van der Waals surface area contributed by atoms with Crippen LogP contribution in [0.2, 0.25) is 5.02 Å². The predicted octanol–water partition coefficient (Wildman–Crippen LogP) is 5.54. The lowest BCUT2D eigenvalue weighted by Crippen LogP contribution is -2.00. The average Bonchev–Trinajstić information content (AvgIpc) is 2.84. The van der Waals surface area contributed by atoms with Crippen molar-refractivity contribution in [3.63, 3.8) is 0 Å². The summed E-state index contributed by atoms with van der Waals surface area (Å²) < 4.78 is 2.10. The van der Waals surface area contributed by atoms with Gasteiger partial charge >= 0.3 is 0 Å². The number of aromatic nitrogens is 2. The van der Waals surface area contributed by atoms with E-state index in [1.807, 2.05) is 18.2 Å². The highest BCUT2D eigenvalue weighted by Crippen LogP contribution is 2.26. The molecule has 1 heterocycles. The second-order valence-electron chi connectivity index (χ2n) is 5.38. The molecule has 21 heavy (non-hydrogen) atoms. The average molecular weight is 319 g/mol. The topological polar surface area (TPSA) is 17.8 Å². The molecule has 2 aromatic carbocycles. The Kier molecular flexibility index (Phi) is 3.92. The van der Waals surface area contributed by atoms with Gasteiger partial charge in [0.05, 0.1) is 16.9 Å². The smallest absolute Gasteiger partial charge is 0.129 e. The zero-order valence-corrected chi connectivity index (χ0v) is 13.5. The van der Waals surface area contributed by atoms with Gasteiger partial charge in [-0.3, -0.25) is 4.57 Å². The Morgan fingerprint density at radius 3 is 2.67 bits per heavy atom. The second kappa shape index (κ2) is 5.70. The fraction of sp³-hybridized carbons (Fsp3) is 0.235. The van der Waals surface area contributed by atoms with Crippen molar-refractivity contribution in [3.05, 3.63) is 58.9 Å². The van der Waals surface area contributed by atoms with Gasteiger partial charge in [-0.05, 0) is 41.8 Å². The summed E-state index contributed by atoms with van der Waals surface area (Å²) in [7, 11) is 0. The van der Waals surface area contributed by atoms with Crippen molar-refractivity contribution < 1.29 is 0 Å². The maximum atomic E-state index is 6.08. The van der Waals surface area contributed by atoms with Crippen molar-refractivity contribution in [2.75, 3.05) is 0 Å². The van der Waals surface area contributed by atoms with E-state index < -0.39 is 0 Å². The molecule has 0 aliphatic heterocycles. The predicted molar refractivity (Wildman–Crippen MR) is 89.7 cm³/mol. The molecule has 4 heteroatoms. The maximum Gasteiger partial charge on any atom is 0.129 e. The van der Waals surface area contributed by atoms with E-state index in [9.17, 15) is 0 Å². The molecule has 0 fully saturated rings. The second-order valence-corrected chi connectivity index (χ2v) is 6.08. The van der Waals surface area contributed by atoms with Crippen LogP contribution in [0.3, 0.4) is 0 Å². The number of imidazole rings is 1. The van der Waals surface area contributed by atoms with E-state index in [2.05, 4.69) is 47.7 Å². The van der Waals surface area contributed by atoms with Crippen LogP contribution in [0.1, 0.15) is 31.2 Å². The van der Waals surface area contributed by atoms with Crippen molar-refractivity contribution in [1.29, 1.82) is 0 Å². The lowest BCUT2D eigenvalue weighted by atomic mass is 10.0. The summed E-state index contributed by atoms with van der Waals surface area (Å²) >= 11 is 12.1. The first-order valence-electron chi connectivity index (χ1n) is 6.93. The molecule has 0 saturated heterocycles. The van der Waals surface area contributed by atoms with E-state index in [-0.39, 0.29) is 0 Å². The quantitative estimate of drug-likeness (QED) is 0.579. The third-order valence-electron chi connectivity index (χ3n) is 3.60. The molecule has 0 saturated carbocycles. The van der Waals surface area contributed by atoms with Crippen LogP contribution in [0.25, 0.3) is 16.7 Å². The van der Waals surface area contributed by atoms with Gasteiger partial charge < -0.3 is 0 Å². The van der Waals surface area contributed by atoms with Gasteiger partial charge in [-0.1, -0.05) is 37.6 Å². The minimum atomic E-state index is 0.359. The Hall–Kier alpha value is -1.51. The van der Waals surface area contributed by atoms with Crippen molar-refractivity contribution in [2.24, 2.45) is 0 Å². The number of benzene rings is 2. The van der Waals surface area contributed by atoms with E-state index in [0.29, 0.717) is 16.8 Å². The van der Waals surface area contributed by atoms with Gasteiger partial charge in [-0.2, -0.15) is 0 Å². The first kappa shape index (κ1) is 14.4. The summed E-state index contributed by atoms with van der Waals surface area (Å²) in [6.07, 6.45) is 0. The van der Waals surface area contributed by atoms with Gasteiger partial charge in [-0.25, -0.2) is 4.98 Å². The Balaban J connectivity index is 2.25. The highest BCUT2D eigenvalue weighted by Gasteiger charge is 2.12. The summed E-state index contributed by atoms with van der Waals surface area (Å²) in [5.41, 5.74) is 4.27. The van der Waals surface area contributed by atoms with Crippen LogP contribution in [-0.4, -0.2) is 9.55 Å². The van der Waals surface area contributed by atoms with Crippen LogP contribution in [-0.2, 0) is 5.88 Å². The van der Waals surface area contributed by atoms with Crippen LogP contribution in [0.4, 0.5) is 0 Å². The van der Waals surface area contributed by atoms with Crippen LogP contribution >= 0.6 is 23.2 Å². The largest absolute Gasteiger partial charge is 0.295 e. The minimum absolute atomic E-state index is 0.359. The van der Waals surface area contributed by atoms with E-state index in [1.54, 1.807) is 0 Å². The van der Waals surface area contributed by atoms with Crippen LogP contribution in [0.15, 0.2) is 42.5 Å². The van der Waals surface area contributed by atoms with Gasteiger partial charge in [0.1, 0.15) is 5.82 Å². The molecule has 0 aliphatic carbocycles. The Bertz CT molecular complexity index is 791. The van der Waals surface area contributed by atoms with Gasteiger partial charge in [-0.15, -0.1) is 11.6 Å². The fourth-order valence-electron chi connectivity index (χ4n) is 2.50. The summed E-state index contributed by atoms with van der Waals surface area (Å²) in [6.45, 7) is 4.38. The van der Waals surface area contributed by atoms with Gasteiger partial charge in [0, 0.05) is 10.7 Å². The number of hydrogen-bond acceptors (Lipinski definition) is 1. The van der Waals surface area contributed by atoms with Crippen molar-refractivity contribution in [2.45, 2.75) is 25.6 Å². The molecule has 0 atom stereocenters. The first-order chi connectivity index (χ1) is 10.1. The number of rotatable bonds is 3. The SMILES string of the molecule is CC(C)c1cccc(-n2c(CCl)nc3cc(Cl)ccc32)c1. The minimum Gasteiger partial charge on any atom is -0.295 e. The van der Waals surface area contributed by atoms with Crippen LogP contribution in [0, 0.1) is 0 Å². The molecule has 0 unspecified atom stereocenters. The van der Waals surface area contributed by atoms with Crippen LogP contribution in [0.5, 0.6) is 0 Å². The summed E-state index contributed by atoms with van der Waals surface area (Å²) in [5, 5.41) is 0.684. The molecule has 0 amide bonds. The molecule has 1 aromatic heterocycles. The number of fused-ring (bicyclic) bond motifs is 1. The molecular weight excluding hydrogens is 303 g/mol. The lowest BCUT2D eigenvalue weighted by Gasteiger charge is -2.11. The van der Waals surface area contributed by atoms with Crippen molar-refractivity contribution in [3.8, 4) is 5.69 Å². The van der Waals surface area contributed by atoms with E-state index in [1.165, 1.54) is 5.56 Å². The van der Waals surface area contributed by atoms with Gasteiger partial charge in [0.2, 0.25) is 0 Å². The third-order valence-corrected chi connectivity index (χ3v) is 4.07. The zero-order chi connectivity index (χ0) is 15.0. The summed E-state index contributed by atoms with van der Waals surface area (Å²) in [6, 6.07) is 14.2. The zero-order valence-electron chi connectivity index (χ0n) is 12.0. The molecule has 3 aromatic rings. The van der Waals surface area contributed by atoms with E-state index >= 15 is 0 Å². The number of alkyl halides is 1. The number of halogens is 2. The number of hydrogen-bond donors (Lipinski definition) is 0. The van der Waals surface area contributed by atoms with Crippen molar-refractivity contribution >= 4 is 34.2 Å². The highest BCUT2D eigenvalue weighted by molar-refractivity contribution is 6.31. The Morgan fingerprint density at radius 1 is 1.14 bits per heavy atom. The molecule has 0 N–H and O–H groups in total. The number of nitrogens with zero attached hydrogens (tertiary/aromatic N) is 2. The molecule has 0 spiro atoms. The molecule has 2 nitrogen and oxygen atoms in total.